The van der Waals surface area contributed by atoms with E-state index in [0.717, 1.165) is 12.0 Å². The van der Waals surface area contributed by atoms with Crippen molar-refractivity contribution in [1.82, 2.24) is 5.32 Å². The summed E-state index contributed by atoms with van der Waals surface area (Å²) in [6.07, 6.45) is 1.05. The number of nitrogens with one attached hydrogen (secondary N) is 1. The Balaban J connectivity index is 2.83. The fourth-order valence-corrected chi connectivity index (χ4v) is 1.99. The molecular formula is C15H24N2O. The van der Waals surface area contributed by atoms with Crippen LogP contribution in [0.25, 0.3) is 0 Å². The number of rotatable bonds is 6. The molecule has 1 aromatic rings. The molecule has 3 nitrogen and oxygen atoms in total. The largest absolute Gasteiger partial charge is 0.368 e. The number of carbonyl (C=O) groups is 1. The highest BCUT2D eigenvalue weighted by molar-refractivity contribution is 5.81. The van der Waals surface area contributed by atoms with Crippen molar-refractivity contribution < 1.29 is 4.79 Å². The Kier molecular flexibility index (Phi) is 5.35. The highest BCUT2D eigenvalue weighted by atomic mass is 16.1. The van der Waals surface area contributed by atoms with E-state index in [1.165, 1.54) is 5.56 Å². The third-order valence-corrected chi connectivity index (χ3v) is 2.74. The molecule has 1 amide bonds. The van der Waals surface area contributed by atoms with Gasteiger partial charge in [0.05, 0.1) is 0 Å². The van der Waals surface area contributed by atoms with E-state index in [0.29, 0.717) is 5.92 Å². The van der Waals surface area contributed by atoms with Gasteiger partial charge in [-0.05, 0) is 37.3 Å². The van der Waals surface area contributed by atoms with E-state index in [1.54, 1.807) is 0 Å². The van der Waals surface area contributed by atoms with Gasteiger partial charge in [-0.25, -0.2) is 0 Å². The van der Waals surface area contributed by atoms with Crippen LogP contribution in [0.1, 0.15) is 44.9 Å². The molecule has 0 aliphatic carbocycles. The third-order valence-electron chi connectivity index (χ3n) is 2.74. The average molecular weight is 248 g/mol. The van der Waals surface area contributed by atoms with Crippen LogP contribution < -0.4 is 11.1 Å². The highest BCUT2D eigenvalue weighted by Gasteiger charge is 2.18. The topological polar surface area (TPSA) is 55.1 Å². The molecule has 0 bridgehead atoms. The molecule has 0 aliphatic rings. The van der Waals surface area contributed by atoms with E-state index >= 15 is 0 Å². The molecule has 0 spiro atoms. The maximum atomic E-state index is 11.5. The lowest BCUT2D eigenvalue weighted by Crippen LogP contribution is -2.37. The molecule has 0 saturated heterocycles. The lowest BCUT2D eigenvalue weighted by atomic mass is 9.99. The zero-order valence-electron chi connectivity index (χ0n) is 11.7. The van der Waals surface area contributed by atoms with Crippen molar-refractivity contribution in [3.63, 3.8) is 0 Å². The summed E-state index contributed by atoms with van der Waals surface area (Å²) in [6, 6.07) is 7.95. The standard InChI is InChI=1S/C15H24N2O/c1-10(2)9-12-5-7-13(8-6-12)14(15(16)18)17-11(3)4/h5-8,10-11,14,17H,9H2,1-4H3,(H2,16,18). The second-order valence-corrected chi connectivity index (χ2v) is 5.50. The molecular weight excluding hydrogens is 224 g/mol. The van der Waals surface area contributed by atoms with Gasteiger partial charge in [0.1, 0.15) is 6.04 Å². The van der Waals surface area contributed by atoms with Crippen molar-refractivity contribution in [3.05, 3.63) is 35.4 Å². The number of hydrogen-bond acceptors (Lipinski definition) is 2. The molecule has 3 heteroatoms. The summed E-state index contributed by atoms with van der Waals surface area (Å²) in [5.41, 5.74) is 7.66. The second kappa shape index (κ2) is 6.55. The first-order valence-corrected chi connectivity index (χ1v) is 6.54. The van der Waals surface area contributed by atoms with E-state index in [2.05, 4.69) is 31.3 Å². The fourth-order valence-electron chi connectivity index (χ4n) is 1.99. The molecule has 0 radical (unpaired) electrons. The zero-order valence-corrected chi connectivity index (χ0v) is 11.7. The van der Waals surface area contributed by atoms with Crippen molar-refractivity contribution in [1.29, 1.82) is 0 Å². The third kappa shape index (κ3) is 4.49. The van der Waals surface area contributed by atoms with Crippen LogP contribution in [0.4, 0.5) is 0 Å². The summed E-state index contributed by atoms with van der Waals surface area (Å²) in [4.78, 5) is 11.5. The van der Waals surface area contributed by atoms with Gasteiger partial charge in [-0.2, -0.15) is 0 Å². The van der Waals surface area contributed by atoms with E-state index < -0.39 is 6.04 Å². The molecule has 1 unspecified atom stereocenters. The first-order chi connectivity index (χ1) is 8.40. The van der Waals surface area contributed by atoms with Crippen molar-refractivity contribution in [3.8, 4) is 0 Å². The van der Waals surface area contributed by atoms with Crippen molar-refractivity contribution in [2.45, 2.75) is 46.2 Å². The summed E-state index contributed by atoms with van der Waals surface area (Å²) in [6.45, 7) is 8.40. The fraction of sp³-hybridized carbons (Fsp3) is 0.533. The van der Waals surface area contributed by atoms with Crippen LogP contribution >= 0.6 is 0 Å². The quantitative estimate of drug-likeness (QED) is 0.812. The maximum absolute atomic E-state index is 11.5. The number of benzene rings is 1. The summed E-state index contributed by atoms with van der Waals surface area (Å²) < 4.78 is 0. The maximum Gasteiger partial charge on any atom is 0.239 e. The van der Waals surface area contributed by atoms with Gasteiger partial charge in [-0.1, -0.05) is 38.1 Å². The minimum absolute atomic E-state index is 0.220. The Morgan fingerprint density at radius 3 is 2.11 bits per heavy atom. The van der Waals surface area contributed by atoms with Crippen molar-refractivity contribution in [2.24, 2.45) is 11.7 Å². The predicted molar refractivity (Wildman–Crippen MR) is 75.2 cm³/mol. The van der Waals surface area contributed by atoms with Gasteiger partial charge < -0.3 is 5.73 Å². The van der Waals surface area contributed by atoms with Crippen LogP contribution in [0, 0.1) is 5.92 Å². The summed E-state index contributed by atoms with van der Waals surface area (Å²) in [5, 5.41) is 3.18. The monoisotopic (exact) mass is 248 g/mol. The van der Waals surface area contributed by atoms with Gasteiger partial charge in [0.15, 0.2) is 0 Å². The van der Waals surface area contributed by atoms with Crippen LogP contribution in [0.15, 0.2) is 24.3 Å². The molecule has 1 aromatic carbocycles. The molecule has 0 heterocycles. The minimum Gasteiger partial charge on any atom is -0.368 e. The first kappa shape index (κ1) is 14.7. The number of hydrogen-bond donors (Lipinski definition) is 2. The van der Waals surface area contributed by atoms with Gasteiger partial charge in [-0.3, -0.25) is 10.1 Å². The van der Waals surface area contributed by atoms with Crippen LogP contribution in [0.5, 0.6) is 0 Å². The van der Waals surface area contributed by atoms with Crippen LogP contribution in [0.2, 0.25) is 0 Å². The lowest BCUT2D eigenvalue weighted by molar-refractivity contribution is -0.120. The smallest absolute Gasteiger partial charge is 0.239 e. The Bertz CT molecular complexity index is 382. The zero-order chi connectivity index (χ0) is 13.7. The SMILES string of the molecule is CC(C)Cc1ccc(C(NC(C)C)C(N)=O)cc1. The molecule has 18 heavy (non-hydrogen) atoms. The van der Waals surface area contributed by atoms with Gasteiger partial charge in [0.25, 0.3) is 0 Å². The normalized spacial score (nSPS) is 13.0. The van der Waals surface area contributed by atoms with Gasteiger partial charge in [0, 0.05) is 6.04 Å². The Labute approximate surface area is 110 Å². The van der Waals surface area contributed by atoms with Crippen LogP contribution in [0.3, 0.4) is 0 Å². The summed E-state index contributed by atoms with van der Waals surface area (Å²) >= 11 is 0. The molecule has 3 N–H and O–H groups in total. The van der Waals surface area contributed by atoms with E-state index in [9.17, 15) is 4.79 Å². The molecule has 1 atom stereocenters. The lowest BCUT2D eigenvalue weighted by Gasteiger charge is -2.19. The Morgan fingerprint density at radius 1 is 1.17 bits per heavy atom. The summed E-state index contributed by atoms with van der Waals surface area (Å²) in [7, 11) is 0. The van der Waals surface area contributed by atoms with Gasteiger partial charge in [0.2, 0.25) is 5.91 Å². The molecule has 0 saturated carbocycles. The molecule has 100 valence electrons. The first-order valence-electron chi connectivity index (χ1n) is 6.54. The van der Waals surface area contributed by atoms with Crippen molar-refractivity contribution >= 4 is 5.91 Å². The van der Waals surface area contributed by atoms with Gasteiger partial charge >= 0.3 is 0 Å². The molecule has 1 rings (SSSR count). The van der Waals surface area contributed by atoms with E-state index in [4.69, 9.17) is 5.73 Å². The Hall–Kier alpha value is -1.35. The number of nitrogens with two attached hydrogens (primary N) is 1. The van der Waals surface area contributed by atoms with Crippen LogP contribution in [-0.2, 0) is 11.2 Å². The predicted octanol–water partition coefficient (Wildman–Crippen LogP) is 2.41. The van der Waals surface area contributed by atoms with Crippen molar-refractivity contribution in [2.75, 3.05) is 0 Å². The number of carbonyl (C=O) groups excluding carboxylic acids is 1. The second-order valence-electron chi connectivity index (χ2n) is 5.50. The summed E-state index contributed by atoms with van der Waals surface area (Å²) in [5.74, 6) is 0.303. The minimum atomic E-state index is -0.405. The van der Waals surface area contributed by atoms with Gasteiger partial charge in [-0.15, -0.1) is 0 Å². The number of amides is 1. The average Bonchev–Trinajstić information content (AvgIpc) is 2.26. The molecule has 0 aliphatic heterocycles. The molecule has 0 fully saturated rings. The Morgan fingerprint density at radius 2 is 1.72 bits per heavy atom. The van der Waals surface area contributed by atoms with E-state index in [1.807, 2.05) is 26.0 Å². The van der Waals surface area contributed by atoms with E-state index in [-0.39, 0.29) is 11.9 Å². The van der Waals surface area contributed by atoms with Crippen LogP contribution in [-0.4, -0.2) is 11.9 Å². The number of primary amides is 1. The highest BCUT2D eigenvalue weighted by Crippen LogP contribution is 2.16. The molecule has 0 aromatic heterocycles.